The predicted molar refractivity (Wildman–Crippen MR) is 90.1 cm³/mol. The van der Waals surface area contributed by atoms with Crippen molar-refractivity contribution in [2.45, 2.75) is 31.1 Å². The first kappa shape index (κ1) is 19.2. The van der Waals surface area contributed by atoms with E-state index in [0.29, 0.717) is 36.2 Å². The van der Waals surface area contributed by atoms with Gasteiger partial charge in [-0.1, -0.05) is 0 Å². The number of piperidine rings is 1. The number of methoxy groups -OCH3 is 1. The second-order valence-electron chi connectivity index (χ2n) is 5.58. The number of sulfonamides is 1. The number of rotatable bonds is 5. The van der Waals surface area contributed by atoms with Gasteiger partial charge >= 0.3 is 0 Å². The predicted octanol–water partition coefficient (Wildman–Crippen LogP) is 2.17. The Bertz CT molecular complexity index is 590. The SMILES string of the molecule is COc1ccc(S(=O)(=O)N2CCCC(CCN)C2)cc1C.Cl. The van der Waals surface area contributed by atoms with Crippen LogP contribution < -0.4 is 10.5 Å². The second-order valence-corrected chi connectivity index (χ2v) is 7.52. The van der Waals surface area contributed by atoms with Crippen molar-refractivity contribution in [2.24, 2.45) is 11.7 Å². The van der Waals surface area contributed by atoms with Crippen LogP contribution in [0.15, 0.2) is 23.1 Å². The summed E-state index contributed by atoms with van der Waals surface area (Å²) in [4.78, 5) is 0.342. The Labute approximate surface area is 139 Å². The first-order chi connectivity index (χ1) is 9.98. The van der Waals surface area contributed by atoms with Gasteiger partial charge in [0.2, 0.25) is 10.0 Å². The van der Waals surface area contributed by atoms with E-state index >= 15 is 0 Å². The van der Waals surface area contributed by atoms with Crippen LogP contribution in [0.1, 0.15) is 24.8 Å². The van der Waals surface area contributed by atoms with Crippen LogP contribution in [0.2, 0.25) is 0 Å². The Balaban J connectivity index is 0.00000242. The van der Waals surface area contributed by atoms with E-state index < -0.39 is 10.0 Å². The fraction of sp³-hybridized carbons (Fsp3) is 0.600. The van der Waals surface area contributed by atoms with E-state index in [-0.39, 0.29) is 12.4 Å². The highest BCUT2D eigenvalue weighted by atomic mass is 35.5. The molecule has 0 radical (unpaired) electrons. The minimum Gasteiger partial charge on any atom is -0.496 e. The molecular formula is C15H25ClN2O3S. The van der Waals surface area contributed by atoms with Crippen molar-refractivity contribution in [1.29, 1.82) is 0 Å². The van der Waals surface area contributed by atoms with Crippen LogP contribution in [0, 0.1) is 12.8 Å². The van der Waals surface area contributed by atoms with Crippen LogP contribution in [0.3, 0.4) is 0 Å². The molecule has 1 aliphatic heterocycles. The van der Waals surface area contributed by atoms with E-state index in [1.54, 1.807) is 29.6 Å². The van der Waals surface area contributed by atoms with Gasteiger partial charge in [-0.3, -0.25) is 0 Å². The number of halogens is 1. The van der Waals surface area contributed by atoms with Gasteiger partial charge in [-0.25, -0.2) is 8.42 Å². The maximum Gasteiger partial charge on any atom is 0.243 e. The van der Waals surface area contributed by atoms with E-state index in [1.807, 2.05) is 6.92 Å². The summed E-state index contributed by atoms with van der Waals surface area (Å²) in [7, 11) is -1.84. The number of hydrogen-bond donors (Lipinski definition) is 1. The zero-order valence-corrected chi connectivity index (χ0v) is 14.8. The molecular weight excluding hydrogens is 324 g/mol. The molecule has 0 aliphatic carbocycles. The lowest BCUT2D eigenvalue weighted by atomic mass is 9.96. The van der Waals surface area contributed by atoms with Crippen molar-refractivity contribution >= 4 is 22.4 Å². The van der Waals surface area contributed by atoms with Gasteiger partial charge < -0.3 is 10.5 Å². The molecule has 0 aromatic heterocycles. The average Bonchev–Trinajstić information content (AvgIpc) is 2.48. The van der Waals surface area contributed by atoms with Crippen LogP contribution in [0.25, 0.3) is 0 Å². The summed E-state index contributed by atoms with van der Waals surface area (Å²) in [6.45, 7) is 3.63. The maximum atomic E-state index is 12.7. The van der Waals surface area contributed by atoms with Crippen molar-refractivity contribution in [3.05, 3.63) is 23.8 Å². The molecule has 0 saturated carbocycles. The molecule has 126 valence electrons. The van der Waals surface area contributed by atoms with Crippen LogP contribution >= 0.6 is 12.4 Å². The van der Waals surface area contributed by atoms with E-state index in [9.17, 15) is 8.42 Å². The fourth-order valence-corrected chi connectivity index (χ4v) is 4.52. The third kappa shape index (κ3) is 4.13. The lowest BCUT2D eigenvalue weighted by molar-refractivity contribution is 0.258. The number of nitrogens with two attached hydrogens (primary N) is 1. The minimum absolute atomic E-state index is 0. The smallest absolute Gasteiger partial charge is 0.243 e. The molecule has 7 heteroatoms. The molecule has 1 aliphatic rings. The zero-order valence-electron chi connectivity index (χ0n) is 13.1. The first-order valence-electron chi connectivity index (χ1n) is 7.34. The van der Waals surface area contributed by atoms with Gasteiger partial charge in [-0.05, 0) is 62.4 Å². The summed E-state index contributed by atoms with van der Waals surface area (Å²) in [5.74, 6) is 1.08. The van der Waals surface area contributed by atoms with E-state index in [4.69, 9.17) is 10.5 Å². The molecule has 1 fully saturated rings. The molecule has 22 heavy (non-hydrogen) atoms. The summed E-state index contributed by atoms with van der Waals surface area (Å²) in [5.41, 5.74) is 6.42. The molecule has 0 amide bonds. The molecule has 1 aromatic carbocycles. The van der Waals surface area contributed by atoms with Crippen LogP contribution in [-0.4, -0.2) is 39.5 Å². The Kier molecular flexibility index (Phi) is 7.12. The summed E-state index contributed by atoms with van der Waals surface area (Å²) >= 11 is 0. The largest absolute Gasteiger partial charge is 0.496 e. The highest BCUT2D eigenvalue weighted by Crippen LogP contribution is 2.27. The van der Waals surface area contributed by atoms with Gasteiger partial charge in [0.15, 0.2) is 0 Å². The van der Waals surface area contributed by atoms with Gasteiger partial charge in [-0.2, -0.15) is 4.31 Å². The third-order valence-electron chi connectivity index (χ3n) is 4.06. The Hall–Kier alpha value is -0.820. The van der Waals surface area contributed by atoms with Gasteiger partial charge in [0.25, 0.3) is 0 Å². The topological polar surface area (TPSA) is 72.6 Å². The zero-order chi connectivity index (χ0) is 15.5. The van der Waals surface area contributed by atoms with Gasteiger partial charge in [0, 0.05) is 13.1 Å². The number of nitrogens with zero attached hydrogens (tertiary/aromatic N) is 1. The van der Waals surface area contributed by atoms with Crippen molar-refractivity contribution < 1.29 is 13.2 Å². The summed E-state index contributed by atoms with van der Waals surface area (Å²) in [6, 6.07) is 5.01. The second kappa shape index (κ2) is 8.15. The number of benzene rings is 1. The van der Waals surface area contributed by atoms with Crippen LogP contribution in [-0.2, 0) is 10.0 Å². The Morgan fingerprint density at radius 1 is 1.41 bits per heavy atom. The van der Waals surface area contributed by atoms with E-state index in [1.165, 1.54) is 0 Å². The molecule has 0 bridgehead atoms. The molecule has 1 heterocycles. The lowest BCUT2D eigenvalue weighted by Crippen LogP contribution is -2.40. The monoisotopic (exact) mass is 348 g/mol. The summed E-state index contributed by atoms with van der Waals surface area (Å²) in [6.07, 6.45) is 2.84. The summed E-state index contributed by atoms with van der Waals surface area (Å²) < 4.78 is 32.3. The number of hydrogen-bond acceptors (Lipinski definition) is 4. The highest BCUT2D eigenvalue weighted by molar-refractivity contribution is 7.89. The highest BCUT2D eigenvalue weighted by Gasteiger charge is 2.30. The molecule has 1 aromatic rings. The lowest BCUT2D eigenvalue weighted by Gasteiger charge is -2.31. The van der Waals surface area contributed by atoms with Crippen molar-refractivity contribution in [1.82, 2.24) is 4.31 Å². The average molecular weight is 349 g/mol. The van der Waals surface area contributed by atoms with Crippen molar-refractivity contribution in [3.8, 4) is 5.75 Å². The minimum atomic E-state index is -3.42. The molecule has 1 unspecified atom stereocenters. The number of aryl methyl sites for hydroxylation is 1. The Morgan fingerprint density at radius 3 is 2.73 bits per heavy atom. The third-order valence-corrected chi connectivity index (χ3v) is 5.92. The molecule has 2 N–H and O–H groups in total. The number of ether oxygens (including phenoxy) is 1. The quantitative estimate of drug-likeness (QED) is 0.885. The normalized spacial score (nSPS) is 19.5. The molecule has 2 rings (SSSR count). The first-order valence-corrected chi connectivity index (χ1v) is 8.78. The summed E-state index contributed by atoms with van der Waals surface area (Å²) in [5, 5.41) is 0. The van der Waals surface area contributed by atoms with Crippen LogP contribution in [0.4, 0.5) is 0 Å². The molecule has 5 nitrogen and oxygen atoms in total. The van der Waals surface area contributed by atoms with Gasteiger partial charge in [0.1, 0.15) is 5.75 Å². The van der Waals surface area contributed by atoms with Gasteiger partial charge in [0.05, 0.1) is 12.0 Å². The van der Waals surface area contributed by atoms with Crippen LogP contribution in [0.5, 0.6) is 5.75 Å². The molecule has 1 saturated heterocycles. The van der Waals surface area contributed by atoms with Crippen molar-refractivity contribution in [2.75, 3.05) is 26.7 Å². The standard InChI is InChI=1S/C15H24N2O3S.ClH/c1-12-10-14(5-6-15(12)20-2)21(18,19)17-9-3-4-13(11-17)7-8-16;/h5-6,10,13H,3-4,7-9,11,16H2,1-2H3;1H. The van der Waals surface area contributed by atoms with E-state index in [2.05, 4.69) is 0 Å². The molecule has 1 atom stereocenters. The van der Waals surface area contributed by atoms with Crippen molar-refractivity contribution in [3.63, 3.8) is 0 Å². The fourth-order valence-electron chi connectivity index (χ4n) is 2.88. The molecule has 0 spiro atoms. The maximum absolute atomic E-state index is 12.7. The Morgan fingerprint density at radius 2 is 2.14 bits per heavy atom. The van der Waals surface area contributed by atoms with Gasteiger partial charge in [-0.15, -0.1) is 12.4 Å². The van der Waals surface area contributed by atoms with E-state index in [0.717, 1.165) is 24.8 Å².